The van der Waals surface area contributed by atoms with Crippen LogP contribution in [0.3, 0.4) is 0 Å². The van der Waals surface area contributed by atoms with Crippen LogP contribution >= 0.6 is 0 Å². The highest BCUT2D eigenvalue weighted by Crippen LogP contribution is 2.23. The van der Waals surface area contributed by atoms with Crippen LogP contribution in [0.2, 0.25) is 0 Å². The Balaban J connectivity index is 1.64. The molecular weight excluding hydrogens is 356 g/mol. The van der Waals surface area contributed by atoms with Gasteiger partial charge in [0.05, 0.1) is 0 Å². The van der Waals surface area contributed by atoms with Gasteiger partial charge in [-0.05, 0) is 43.2 Å². The fraction of sp³-hybridized carbons (Fsp3) is 0.182. The third kappa shape index (κ3) is 7.37. The number of carbonyl (C=O) groups is 2. The molecule has 0 heterocycles. The first-order valence-electron chi connectivity index (χ1n) is 8.94. The number of rotatable bonds is 8. The summed E-state index contributed by atoms with van der Waals surface area (Å²) in [6, 6.07) is 12.0. The summed E-state index contributed by atoms with van der Waals surface area (Å²) in [6.07, 6.45) is 6.60. The lowest BCUT2D eigenvalue weighted by atomic mass is 10.1. The van der Waals surface area contributed by atoms with E-state index in [0.717, 1.165) is 11.1 Å². The molecule has 0 aliphatic carbocycles. The molecule has 0 radical (unpaired) electrons. The third-order valence-electron chi connectivity index (χ3n) is 3.85. The van der Waals surface area contributed by atoms with Crippen molar-refractivity contribution in [3.63, 3.8) is 0 Å². The second-order valence-electron chi connectivity index (χ2n) is 6.26. The fourth-order valence-corrected chi connectivity index (χ4v) is 2.41. The van der Waals surface area contributed by atoms with Gasteiger partial charge in [-0.3, -0.25) is 9.59 Å². The molecule has 0 saturated heterocycles. The maximum absolute atomic E-state index is 11.8. The van der Waals surface area contributed by atoms with E-state index in [1.807, 2.05) is 31.2 Å². The molecular formula is C22H24N2O4. The molecule has 0 bridgehead atoms. The van der Waals surface area contributed by atoms with Gasteiger partial charge in [-0.1, -0.05) is 29.8 Å². The minimum Gasteiger partial charge on any atom is -0.508 e. The molecule has 0 aliphatic rings. The van der Waals surface area contributed by atoms with Crippen molar-refractivity contribution in [2.45, 2.75) is 13.3 Å². The van der Waals surface area contributed by atoms with Gasteiger partial charge in [0.15, 0.2) is 0 Å². The number of carbonyl (C=O) groups excluding carboxylic acids is 2. The van der Waals surface area contributed by atoms with Crippen molar-refractivity contribution < 1.29 is 19.8 Å². The normalized spacial score (nSPS) is 11.0. The maximum Gasteiger partial charge on any atom is 0.244 e. The van der Waals surface area contributed by atoms with Crippen molar-refractivity contribution in [1.82, 2.24) is 10.6 Å². The number of phenols is 2. The second-order valence-corrected chi connectivity index (χ2v) is 6.26. The van der Waals surface area contributed by atoms with E-state index in [0.29, 0.717) is 25.1 Å². The first-order valence-corrected chi connectivity index (χ1v) is 8.94. The Kier molecular flexibility index (Phi) is 7.84. The maximum atomic E-state index is 11.8. The predicted octanol–water partition coefficient (Wildman–Crippen LogP) is 2.76. The Morgan fingerprint density at radius 1 is 0.929 bits per heavy atom. The van der Waals surface area contributed by atoms with E-state index in [1.54, 1.807) is 6.08 Å². The number of aryl methyl sites for hydroxylation is 1. The van der Waals surface area contributed by atoms with Crippen molar-refractivity contribution in [1.29, 1.82) is 0 Å². The number of nitrogens with one attached hydrogen (secondary N) is 2. The van der Waals surface area contributed by atoms with Crippen LogP contribution in [0.25, 0.3) is 12.2 Å². The number of hydrogen-bond acceptors (Lipinski definition) is 4. The molecule has 2 rings (SSSR count). The van der Waals surface area contributed by atoms with Crippen molar-refractivity contribution in [3.8, 4) is 11.5 Å². The molecule has 0 unspecified atom stereocenters. The van der Waals surface area contributed by atoms with Crippen LogP contribution in [-0.2, 0) is 9.59 Å². The Labute approximate surface area is 164 Å². The van der Waals surface area contributed by atoms with E-state index < -0.39 is 0 Å². The Morgan fingerprint density at radius 2 is 1.61 bits per heavy atom. The third-order valence-corrected chi connectivity index (χ3v) is 3.85. The number of hydrogen-bond donors (Lipinski definition) is 4. The number of benzene rings is 2. The summed E-state index contributed by atoms with van der Waals surface area (Å²) in [6.45, 7) is 2.85. The molecule has 2 aromatic rings. The first kappa shape index (κ1) is 20.8. The molecule has 146 valence electrons. The zero-order valence-electron chi connectivity index (χ0n) is 15.7. The molecule has 2 aromatic carbocycles. The van der Waals surface area contributed by atoms with Crippen LogP contribution in [-0.4, -0.2) is 35.1 Å². The topological polar surface area (TPSA) is 98.7 Å². The molecule has 0 aliphatic heterocycles. The lowest BCUT2D eigenvalue weighted by Gasteiger charge is -2.04. The van der Waals surface area contributed by atoms with Gasteiger partial charge in [0.25, 0.3) is 0 Å². The van der Waals surface area contributed by atoms with Crippen LogP contribution in [0.5, 0.6) is 11.5 Å². The Hall–Kier alpha value is -3.54. The average Bonchev–Trinajstić information content (AvgIpc) is 2.65. The van der Waals surface area contributed by atoms with Crippen molar-refractivity contribution in [2.24, 2.45) is 0 Å². The number of amides is 2. The van der Waals surface area contributed by atoms with Gasteiger partial charge in [-0.15, -0.1) is 0 Å². The summed E-state index contributed by atoms with van der Waals surface area (Å²) in [5.41, 5.74) is 2.53. The molecule has 0 aromatic heterocycles. The molecule has 0 atom stereocenters. The molecule has 28 heavy (non-hydrogen) atoms. The van der Waals surface area contributed by atoms with Gasteiger partial charge in [-0.2, -0.15) is 0 Å². The molecule has 0 spiro atoms. The van der Waals surface area contributed by atoms with Crippen LogP contribution in [0.4, 0.5) is 0 Å². The summed E-state index contributed by atoms with van der Waals surface area (Å²) in [7, 11) is 0. The number of aromatic hydroxyl groups is 2. The van der Waals surface area contributed by atoms with Gasteiger partial charge in [0, 0.05) is 36.9 Å². The van der Waals surface area contributed by atoms with Gasteiger partial charge < -0.3 is 20.8 Å². The van der Waals surface area contributed by atoms with E-state index in [2.05, 4.69) is 10.6 Å². The lowest BCUT2D eigenvalue weighted by molar-refractivity contribution is -0.116. The predicted molar refractivity (Wildman–Crippen MR) is 110 cm³/mol. The standard InChI is InChI=1S/C22H24N2O4/c1-16-4-2-5-17(14-16)6-10-21(27)23-12-3-13-24-22(28)11-8-18-7-9-19(25)15-20(18)26/h2,4-11,14-15,25-26H,3,12-13H2,1H3,(H,23,27)(H,24,28)/b10-6+,11-8+. The highest BCUT2D eigenvalue weighted by atomic mass is 16.3. The van der Waals surface area contributed by atoms with Crippen LogP contribution in [0, 0.1) is 6.92 Å². The molecule has 4 N–H and O–H groups in total. The molecule has 0 fully saturated rings. The van der Waals surface area contributed by atoms with E-state index in [-0.39, 0.29) is 23.3 Å². The Bertz CT molecular complexity index is 888. The summed E-state index contributed by atoms with van der Waals surface area (Å²) in [5, 5.41) is 24.3. The Morgan fingerprint density at radius 3 is 2.25 bits per heavy atom. The van der Waals surface area contributed by atoms with Crippen LogP contribution in [0.15, 0.2) is 54.6 Å². The quantitative estimate of drug-likeness (QED) is 0.418. The van der Waals surface area contributed by atoms with Gasteiger partial charge in [0.2, 0.25) is 11.8 Å². The van der Waals surface area contributed by atoms with Gasteiger partial charge in [0.1, 0.15) is 11.5 Å². The monoisotopic (exact) mass is 380 g/mol. The molecule has 6 nitrogen and oxygen atoms in total. The minimum atomic E-state index is -0.307. The average molecular weight is 380 g/mol. The summed E-state index contributed by atoms with van der Waals surface area (Å²) < 4.78 is 0. The summed E-state index contributed by atoms with van der Waals surface area (Å²) >= 11 is 0. The molecule has 2 amide bonds. The smallest absolute Gasteiger partial charge is 0.244 e. The fourth-order valence-electron chi connectivity index (χ4n) is 2.41. The second kappa shape index (κ2) is 10.6. The zero-order valence-corrected chi connectivity index (χ0v) is 15.7. The largest absolute Gasteiger partial charge is 0.508 e. The van der Waals surface area contributed by atoms with Gasteiger partial charge >= 0.3 is 0 Å². The first-order chi connectivity index (χ1) is 13.4. The van der Waals surface area contributed by atoms with Crippen molar-refractivity contribution in [2.75, 3.05) is 13.1 Å². The SMILES string of the molecule is Cc1cccc(/C=C/C(=O)NCCCNC(=O)/C=C/c2ccc(O)cc2O)c1. The van der Waals surface area contributed by atoms with E-state index in [1.165, 1.54) is 36.4 Å². The number of phenolic OH excluding ortho intramolecular Hbond substituents is 2. The van der Waals surface area contributed by atoms with E-state index in [9.17, 15) is 19.8 Å². The summed E-state index contributed by atoms with van der Waals surface area (Å²) in [5.74, 6) is -0.644. The van der Waals surface area contributed by atoms with E-state index >= 15 is 0 Å². The van der Waals surface area contributed by atoms with Crippen LogP contribution in [0.1, 0.15) is 23.1 Å². The van der Waals surface area contributed by atoms with E-state index in [4.69, 9.17) is 0 Å². The van der Waals surface area contributed by atoms with Crippen molar-refractivity contribution >= 4 is 24.0 Å². The van der Waals surface area contributed by atoms with Crippen molar-refractivity contribution in [3.05, 3.63) is 71.3 Å². The van der Waals surface area contributed by atoms with Crippen LogP contribution < -0.4 is 10.6 Å². The molecule has 0 saturated carbocycles. The highest BCUT2D eigenvalue weighted by Gasteiger charge is 2.01. The van der Waals surface area contributed by atoms with Gasteiger partial charge in [-0.25, -0.2) is 0 Å². The lowest BCUT2D eigenvalue weighted by Crippen LogP contribution is -2.28. The zero-order chi connectivity index (χ0) is 20.4. The molecule has 6 heteroatoms. The minimum absolute atomic E-state index is 0.0464. The summed E-state index contributed by atoms with van der Waals surface area (Å²) in [4.78, 5) is 23.5. The highest BCUT2D eigenvalue weighted by molar-refractivity contribution is 5.92.